The van der Waals surface area contributed by atoms with E-state index in [1.165, 1.54) is 14.6 Å². The van der Waals surface area contributed by atoms with Gasteiger partial charge in [0.25, 0.3) is 0 Å². The Balaban J connectivity index is 2.33. The minimum Gasteiger partial charge on any atom is -0.555 e. The van der Waals surface area contributed by atoms with E-state index in [1.54, 1.807) is 0 Å². The average molecular weight is 469 g/mol. The van der Waals surface area contributed by atoms with Crippen molar-refractivity contribution in [3.05, 3.63) is 42.0 Å². The number of methoxy groups -OCH3 is 1. The molecule has 1 aromatic carbocycles. The molecule has 3 rings (SSSR count). The first-order valence-electron chi connectivity index (χ1n) is 11.6. The van der Waals surface area contributed by atoms with E-state index in [0.29, 0.717) is 38.0 Å². The number of hydrogen-bond acceptors (Lipinski definition) is 7. The highest BCUT2D eigenvalue weighted by Gasteiger charge is 2.31. The molecule has 1 radical (unpaired) electrons. The lowest BCUT2D eigenvalue weighted by Crippen LogP contribution is -2.45. The van der Waals surface area contributed by atoms with Crippen LogP contribution in [0.5, 0.6) is 5.75 Å². The van der Waals surface area contributed by atoms with Crippen LogP contribution in [0.15, 0.2) is 36.4 Å². The number of amides is 1. The molecule has 0 fully saturated rings. The van der Waals surface area contributed by atoms with E-state index in [1.807, 2.05) is 50.3 Å². The minimum atomic E-state index is -0.742. The second-order valence-electron chi connectivity index (χ2n) is 8.77. The molecule has 1 aromatic rings. The fourth-order valence-corrected chi connectivity index (χ4v) is 3.77. The number of ether oxygens (including phenoxy) is 2. The monoisotopic (exact) mass is 469 g/mol. The highest BCUT2D eigenvalue weighted by Crippen LogP contribution is 2.21. The number of esters is 1. The molecule has 8 nitrogen and oxygen atoms in total. The summed E-state index contributed by atoms with van der Waals surface area (Å²) >= 11 is 0. The maximum atomic E-state index is 13.2. The van der Waals surface area contributed by atoms with Gasteiger partial charge in [-0.25, -0.2) is 0 Å². The molecular weight excluding hydrogens is 435 g/mol. The molecule has 34 heavy (non-hydrogen) atoms. The normalized spacial score (nSPS) is 23.1. The van der Waals surface area contributed by atoms with Crippen LogP contribution in [-0.2, 0) is 30.2 Å². The van der Waals surface area contributed by atoms with Gasteiger partial charge in [-0.15, -0.1) is 0 Å². The van der Waals surface area contributed by atoms with E-state index in [9.17, 15) is 14.4 Å². The van der Waals surface area contributed by atoms with Gasteiger partial charge in [-0.2, -0.15) is 0 Å². The van der Waals surface area contributed by atoms with Crippen LogP contribution in [0.2, 0.25) is 5.82 Å². The summed E-state index contributed by atoms with van der Waals surface area (Å²) in [5, 5.41) is 10.0. The molecule has 0 aromatic heterocycles. The summed E-state index contributed by atoms with van der Waals surface area (Å²) in [5.41, 5.74) is 0.885. The predicted octanol–water partition coefficient (Wildman–Crippen LogP) is 3.27. The molecule has 2 aliphatic rings. The van der Waals surface area contributed by atoms with Crippen LogP contribution < -0.4 is 10.1 Å². The molecule has 2 N–H and O–H groups in total. The van der Waals surface area contributed by atoms with Crippen LogP contribution in [0, 0.1) is 17.2 Å². The largest absolute Gasteiger partial charge is 0.555 e. The number of ketones is 1. The maximum Gasteiger partial charge on any atom is 0.384 e. The molecule has 183 valence electrons. The second-order valence-corrected chi connectivity index (χ2v) is 8.77. The Labute approximate surface area is 202 Å². The molecule has 9 heteroatoms. The van der Waals surface area contributed by atoms with Crippen LogP contribution in [0.4, 0.5) is 0 Å². The molecule has 0 aliphatic carbocycles. The summed E-state index contributed by atoms with van der Waals surface area (Å²) in [5.74, 6) is -1.53. The van der Waals surface area contributed by atoms with Crippen molar-refractivity contribution in [1.82, 2.24) is 5.32 Å². The number of rotatable bonds is 6. The molecule has 3 atom stereocenters. The van der Waals surface area contributed by atoms with Crippen LogP contribution in [0.3, 0.4) is 0 Å². The molecule has 2 aliphatic heterocycles. The van der Waals surface area contributed by atoms with E-state index in [4.69, 9.17) is 19.5 Å². The number of Topliss-reactive ketones (excluding diaryl/α,β-unsaturated/α-hetero) is 1. The Morgan fingerprint density at radius 1 is 1.24 bits per heavy atom. The summed E-state index contributed by atoms with van der Waals surface area (Å²) in [7, 11) is 2.60. The summed E-state index contributed by atoms with van der Waals surface area (Å²) < 4.78 is 15.6. The summed E-state index contributed by atoms with van der Waals surface area (Å²) in [6.07, 6.45) is 6.30. The van der Waals surface area contributed by atoms with Gasteiger partial charge in [-0.3, -0.25) is 19.8 Å². The van der Waals surface area contributed by atoms with Crippen LogP contribution in [0.25, 0.3) is 0 Å². The van der Waals surface area contributed by atoms with Crippen LogP contribution in [-0.4, -0.2) is 51.3 Å². The zero-order chi connectivity index (χ0) is 24.9. The molecule has 1 amide bonds. The number of fused-ring (bicyclic) bond motifs is 14. The third-order valence-electron chi connectivity index (χ3n) is 5.56. The Bertz CT molecular complexity index is 855. The van der Waals surface area contributed by atoms with Gasteiger partial charge in [0.1, 0.15) is 12.2 Å². The van der Waals surface area contributed by atoms with Crippen molar-refractivity contribution in [2.45, 2.75) is 57.8 Å². The van der Waals surface area contributed by atoms with Crippen molar-refractivity contribution in [1.29, 1.82) is 5.41 Å². The first-order valence-corrected chi connectivity index (χ1v) is 11.6. The Morgan fingerprint density at radius 2 is 1.97 bits per heavy atom. The quantitative estimate of drug-likeness (QED) is 0.217. The Kier molecular flexibility index (Phi) is 11.4. The van der Waals surface area contributed by atoms with Gasteiger partial charge in [-0.1, -0.05) is 38.1 Å². The highest BCUT2D eigenvalue weighted by molar-refractivity contribution is 6.39. The molecule has 0 saturated carbocycles. The maximum absolute atomic E-state index is 13.2. The molecule has 2 bridgehead atoms. The highest BCUT2D eigenvalue weighted by atomic mass is 16.5. The third kappa shape index (κ3) is 9.04. The molecular formula is C25H34BN2O6. The van der Waals surface area contributed by atoms with E-state index in [2.05, 4.69) is 5.32 Å². The van der Waals surface area contributed by atoms with Crippen molar-refractivity contribution >= 4 is 31.5 Å². The minimum absolute atomic E-state index is 0.0304. The molecule has 0 saturated heterocycles. The number of carbonyl (C=O) groups is 3. The average Bonchev–Trinajstić information content (AvgIpc) is 2.81. The number of nitrogens with one attached hydrogen (secondary N) is 2. The second kappa shape index (κ2) is 14.2. The summed E-state index contributed by atoms with van der Waals surface area (Å²) in [6, 6.07) is 6.70. The van der Waals surface area contributed by atoms with Crippen molar-refractivity contribution in [2.24, 2.45) is 11.8 Å². The van der Waals surface area contributed by atoms with Gasteiger partial charge in [0.2, 0.25) is 5.91 Å². The van der Waals surface area contributed by atoms with Crippen LogP contribution in [0.1, 0.15) is 45.1 Å². The van der Waals surface area contributed by atoms with Crippen molar-refractivity contribution in [3.63, 3.8) is 0 Å². The molecule has 0 unspecified atom stereocenters. The van der Waals surface area contributed by atoms with Gasteiger partial charge < -0.3 is 19.4 Å². The smallest absolute Gasteiger partial charge is 0.384 e. The van der Waals surface area contributed by atoms with E-state index in [0.717, 1.165) is 12.0 Å². The predicted molar refractivity (Wildman–Crippen MR) is 130 cm³/mol. The standard InChI is InChI=1S/C25H34BN2O6/c1-17(2)13-22-23(29)15-19(25(31)32-3)7-5-4-6-12-33-20-10-8-18(9-11-20)14-21(24(30)28-22)26-34-16-27/h4-5,8-11,16-17,19,21-22,27H,6-7,12-15H2,1-3H3,(H,28,30)/b5-4-,27-16?/t19-,21+,22+/m1/s1. The number of hydrogen-bond donors (Lipinski definition) is 2. The fourth-order valence-electron chi connectivity index (χ4n) is 3.77. The Hall–Kier alpha value is -3.10. The van der Waals surface area contributed by atoms with Gasteiger partial charge >= 0.3 is 13.5 Å². The van der Waals surface area contributed by atoms with Gasteiger partial charge in [0.15, 0.2) is 5.78 Å². The summed E-state index contributed by atoms with van der Waals surface area (Å²) in [6.45, 7) is 4.41. The number of carbonyl (C=O) groups excluding carboxylic acids is 3. The molecule has 2 heterocycles. The van der Waals surface area contributed by atoms with E-state index < -0.39 is 23.7 Å². The third-order valence-corrected chi connectivity index (χ3v) is 5.56. The fraction of sp³-hybridized carbons (Fsp3) is 0.520. The lowest BCUT2D eigenvalue weighted by molar-refractivity contribution is -0.147. The van der Waals surface area contributed by atoms with Gasteiger partial charge in [0.05, 0.1) is 31.5 Å². The number of allylic oxidation sites excluding steroid dienone is 1. The zero-order valence-corrected chi connectivity index (χ0v) is 20.1. The van der Waals surface area contributed by atoms with Gasteiger partial charge in [0, 0.05) is 6.42 Å². The van der Waals surface area contributed by atoms with Crippen LogP contribution >= 0.6 is 0 Å². The first kappa shape index (κ1) is 27.2. The lowest BCUT2D eigenvalue weighted by Gasteiger charge is -2.24. The van der Waals surface area contributed by atoms with E-state index >= 15 is 0 Å². The SMILES string of the molecule is COC(=O)[C@@H]1C/C=C\CCOc2ccc(cc2)C[C@H]([B]OC=N)C(=O)N[C@@H](CC(C)C)C(=O)C1. The Morgan fingerprint density at radius 3 is 2.62 bits per heavy atom. The van der Waals surface area contributed by atoms with Crippen molar-refractivity contribution in [2.75, 3.05) is 13.7 Å². The molecule has 0 spiro atoms. The first-order chi connectivity index (χ1) is 16.3. The summed E-state index contributed by atoms with van der Waals surface area (Å²) in [4.78, 5) is 38.6. The van der Waals surface area contributed by atoms with Crippen molar-refractivity contribution in [3.8, 4) is 5.75 Å². The van der Waals surface area contributed by atoms with E-state index in [-0.39, 0.29) is 24.0 Å². The zero-order valence-electron chi connectivity index (χ0n) is 20.1. The van der Waals surface area contributed by atoms with Gasteiger partial charge in [-0.05, 0) is 49.3 Å². The topological polar surface area (TPSA) is 115 Å². The lowest BCUT2D eigenvalue weighted by atomic mass is 9.75. The number of benzene rings is 1. The van der Waals surface area contributed by atoms with Crippen molar-refractivity contribution < 1.29 is 28.5 Å².